The maximum atomic E-state index is 12.5. The van der Waals surface area contributed by atoms with Crippen molar-refractivity contribution in [2.75, 3.05) is 46.4 Å². The zero-order chi connectivity index (χ0) is 15.2. The average molecular weight is 291 g/mol. The smallest absolute Gasteiger partial charge is 0.244 e. The van der Waals surface area contributed by atoms with E-state index in [2.05, 4.69) is 4.90 Å². The summed E-state index contributed by atoms with van der Waals surface area (Å²) in [6.07, 6.45) is 0. The van der Waals surface area contributed by atoms with Crippen LogP contribution >= 0.6 is 0 Å². The topological polar surface area (TPSA) is 58.8 Å². The van der Waals surface area contributed by atoms with E-state index in [0.717, 1.165) is 44.9 Å². The van der Waals surface area contributed by atoms with Gasteiger partial charge >= 0.3 is 0 Å². The summed E-state index contributed by atoms with van der Waals surface area (Å²) < 4.78 is 5.08. The van der Waals surface area contributed by atoms with E-state index in [1.54, 1.807) is 7.11 Å². The number of hydrogen-bond acceptors (Lipinski definition) is 4. The van der Waals surface area contributed by atoms with Crippen molar-refractivity contribution in [1.82, 2.24) is 9.80 Å². The van der Waals surface area contributed by atoms with Crippen molar-refractivity contribution < 1.29 is 9.53 Å². The van der Waals surface area contributed by atoms with Crippen LogP contribution in [-0.4, -0.2) is 62.1 Å². The lowest BCUT2D eigenvalue weighted by Gasteiger charge is -2.35. The predicted molar refractivity (Wildman–Crippen MR) is 83.0 cm³/mol. The molecule has 2 rings (SSSR count). The molecule has 0 spiro atoms. The van der Waals surface area contributed by atoms with Gasteiger partial charge in [0.2, 0.25) is 5.91 Å². The number of nitrogens with two attached hydrogens (primary N) is 1. The quantitative estimate of drug-likeness (QED) is 0.871. The molecule has 1 heterocycles. The lowest BCUT2D eigenvalue weighted by molar-refractivity contribution is -0.134. The Bertz CT molecular complexity index is 453. The van der Waals surface area contributed by atoms with Gasteiger partial charge in [0.05, 0.1) is 6.61 Å². The third-order valence-corrected chi connectivity index (χ3v) is 4.00. The molecule has 2 N–H and O–H groups in total. The number of aryl methyl sites for hydroxylation is 1. The summed E-state index contributed by atoms with van der Waals surface area (Å²) in [4.78, 5) is 16.6. The molecule has 1 aromatic carbocycles. The van der Waals surface area contributed by atoms with Crippen molar-refractivity contribution >= 4 is 5.91 Å². The predicted octanol–water partition coefficient (Wildman–Crippen LogP) is 0.785. The lowest BCUT2D eigenvalue weighted by atomic mass is 10.0. The van der Waals surface area contributed by atoms with E-state index in [1.807, 2.05) is 36.1 Å². The molecule has 1 saturated heterocycles. The number of hydrogen-bond donors (Lipinski definition) is 1. The summed E-state index contributed by atoms with van der Waals surface area (Å²) in [6, 6.07) is 7.30. The second-order valence-corrected chi connectivity index (χ2v) is 5.55. The maximum absolute atomic E-state index is 12.5. The standard InChI is InChI=1S/C16H25N3O2/c1-13-3-5-14(6-4-13)15(17)16(20)19-9-7-18(8-10-19)11-12-21-2/h3-6,15H,7-12,17H2,1-2H3. The fourth-order valence-corrected chi connectivity index (χ4v) is 2.53. The molecule has 5 heteroatoms. The van der Waals surface area contributed by atoms with Crippen molar-refractivity contribution in [2.45, 2.75) is 13.0 Å². The van der Waals surface area contributed by atoms with Gasteiger partial charge in [-0.2, -0.15) is 0 Å². The molecule has 1 aromatic rings. The molecule has 5 nitrogen and oxygen atoms in total. The molecule has 1 atom stereocenters. The van der Waals surface area contributed by atoms with E-state index >= 15 is 0 Å². The van der Waals surface area contributed by atoms with Crippen LogP contribution in [0.4, 0.5) is 0 Å². The van der Waals surface area contributed by atoms with Crippen LogP contribution in [0.5, 0.6) is 0 Å². The normalized spacial score (nSPS) is 17.8. The van der Waals surface area contributed by atoms with Crippen LogP contribution in [0.3, 0.4) is 0 Å². The molecule has 1 aliphatic heterocycles. The second-order valence-electron chi connectivity index (χ2n) is 5.55. The van der Waals surface area contributed by atoms with Crippen molar-refractivity contribution in [3.63, 3.8) is 0 Å². The highest BCUT2D eigenvalue weighted by Gasteiger charge is 2.25. The molecule has 0 bridgehead atoms. The molecular formula is C16H25N3O2. The average Bonchev–Trinajstić information content (AvgIpc) is 2.53. The summed E-state index contributed by atoms with van der Waals surface area (Å²) in [5.41, 5.74) is 8.16. The second kappa shape index (κ2) is 7.54. The van der Waals surface area contributed by atoms with Gasteiger partial charge in [-0.3, -0.25) is 9.69 Å². The Hall–Kier alpha value is -1.43. The molecule has 1 amide bonds. The number of amides is 1. The van der Waals surface area contributed by atoms with Crippen LogP contribution in [0.1, 0.15) is 17.2 Å². The van der Waals surface area contributed by atoms with Gasteiger partial charge in [-0.25, -0.2) is 0 Å². The minimum absolute atomic E-state index is 0.0187. The molecule has 0 radical (unpaired) electrons. The first-order valence-electron chi connectivity index (χ1n) is 7.44. The Kier molecular flexibility index (Phi) is 5.73. The summed E-state index contributed by atoms with van der Waals surface area (Å²) in [7, 11) is 1.71. The van der Waals surface area contributed by atoms with E-state index < -0.39 is 6.04 Å². The fraction of sp³-hybridized carbons (Fsp3) is 0.562. The zero-order valence-corrected chi connectivity index (χ0v) is 12.9. The van der Waals surface area contributed by atoms with Crippen LogP contribution in [0.2, 0.25) is 0 Å². The minimum Gasteiger partial charge on any atom is -0.383 e. The van der Waals surface area contributed by atoms with Crippen molar-refractivity contribution in [1.29, 1.82) is 0 Å². The van der Waals surface area contributed by atoms with E-state index in [-0.39, 0.29) is 5.91 Å². The summed E-state index contributed by atoms with van der Waals surface area (Å²) in [6.45, 7) is 6.92. The van der Waals surface area contributed by atoms with Gasteiger partial charge < -0.3 is 15.4 Å². The molecular weight excluding hydrogens is 266 g/mol. The zero-order valence-electron chi connectivity index (χ0n) is 12.9. The van der Waals surface area contributed by atoms with Crippen LogP contribution in [0.15, 0.2) is 24.3 Å². The van der Waals surface area contributed by atoms with Gasteiger partial charge in [0.25, 0.3) is 0 Å². The third-order valence-electron chi connectivity index (χ3n) is 4.00. The van der Waals surface area contributed by atoms with Crippen molar-refractivity contribution in [2.24, 2.45) is 5.73 Å². The Morgan fingerprint density at radius 3 is 2.43 bits per heavy atom. The van der Waals surface area contributed by atoms with E-state index in [4.69, 9.17) is 10.5 Å². The summed E-state index contributed by atoms with van der Waals surface area (Å²) in [5.74, 6) is 0.0187. The number of carbonyl (C=O) groups excluding carboxylic acids is 1. The first-order valence-corrected chi connectivity index (χ1v) is 7.44. The number of methoxy groups -OCH3 is 1. The van der Waals surface area contributed by atoms with Crippen LogP contribution in [0.25, 0.3) is 0 Å². The maximum Gasteiger partial charge on any atom is 0.244 e. The number of carbonyl (C=O) groups is 1. The molecule has 0 aliphatic carbocycles. The van der Waals surface area contributed by atoms with E-state index in [9.17, 15) is 4.79 Å². The molecule has 0 aromatic heterocycles. The molecule has 116 valence electrons. The van der Waals surface area contributed by atoms with Gasteiger partial charge in [-0.05, 0) is 12.5 Å². The molecule has 1 unspecified atom stereocenters. The van der Waals surface area contributed by atoms with Gasteiger partial charge in [-0.1, -0.05) is 29.8 Å². The Labute approximate surface area is 126 Å². The molecule has 1 fully saturated rings. The number of piperazine rings is 1. The van der Waals surface area contributed by atoms with Gasteiger partial charge in [-0.15, -0.1) is 0 Å². The first kappa shape index (κ1) is 15.9. The largest absolute Gasteiger partial charge is 0.383 e. The fourth-order valence-electron chi connectivity index (χ4n) is 2.53. The highest BCUT2D eigenvalue weighted by Crippen LogP contribution is 2.15. The summed E-state index contributed by atoms with van der Waals surface area (Å²) in [5, 5.41) is 0. The lowest BCUT2D eigenvalue weighted by Crippen LogP contribution is -2.51. The van der Waals surface area contributed by atoms with Crippen molar-refractivity contribution in [3.05, 3.63) is 35.4 Å². The molecule has 0 saturated carbocycles. The summed E-state index contributed by atoms with van der Waals surface area (Å²) >= 11 is 0. The number of ether oxygens (including phenoxy) is 1. The first-order chi connectivity index (χ1) is 10.1. The van der Waals surface area contributed by atoms with Gasteiger partial charge in [0.1, 0.15) is 6.04 Å². The minimum atomic E-state index is -0.559. The Balaban J connectivity index is 1.88. The van der Waals surface area contributed by atoms with Gasteiger partial charge in [0.15, 0.2) is 0 Å². The highest BCUT2D eigenvalue weighted by atomic mass is 16.5. The Morgan fingerprint density at radius 2 is 1.86 bits per heavy atom. The molecule has 1 aliphatic rings. The van der Waals surface area contributed by atoms with Crippen LogP contribution in [-0.2, 0) is 9.53 Å². The van der Waals surface area contributed by atoms with E-state index in [0.29, 0.717) is 0 Å². The number of rotatable bonds is 5. The van der Waals surface area contributed by atoms with Crippen LogP contribution < -0.4 is 5.73 Å². The SMILES string of the molecule is COCCN1CCN(C(=O)C(N)c2ccc(C)cc2)CC1. The number of benzene rings is 1. The number of nitrogens with zero attached hydrogens (tertiary/aromatic N) is 2. The third kappa shape index (κ3) is 4.27. The van der Waals surface area contributed by atoms with Crippen LogP contribution in [0, 0.1) is 6.92 Å². The molecule has 21 heavy (non-hydrogen) atoms. The Morgan fingerprint density at radius 1 is 1.24 bits per heavy atom. The van der Waals surface area contributed by atoms with E-state index in [1.165, 1.54) is 5.56 Å². The van der Waals surface area contributed by atoms with Gasteiger partial charge in [0, 0.05) is 39.8 Å². The highest BCUT2D eigenvalue weighted by molar-refractivity contribution is 5.83. The monoisotopic (exact) mass is 291 g/mol. The van der Waals surface area contributed by atoms with Crippen molar-refractivity contribution in [3.8, 4) is 0 Å².